The lowest BCUT2D eigenvalue weighted by molar-refractivity contribution is -0.126. The maximum absolute atomic E-state index is 11.9. The Kier molecular flexibility index (Phi) is 3.52. The normalized spacial score (nSPS) is 30.1. The maximum atomic E-state index is 11.9. The maximum Gasteiger partial charge on any atom is 0.223 e. The van der Waals surface area contributed by atoms with Gasteiger partial charge in [0, 0.05) is 12.0 Å². The molecule has 1 heterocycles. The van der Waals surface area contributed by atoms with Crippen molar-refractivity contribution in [1.82, 2.24) is 5.32 Å². The van der Waals surface area contributed by atoms with Crippen molar-refractivity contribution in [3.8, 4) is 0 Å². The summed E-state index contributed by atoms with van der Waals surface area (Å²) in [6, 6.07) is -0.139. The van der Waals surface area contributed by atoms with E-state index in [1.807, 2.05) is 0 Å². The number of carbonyl (C=O) groups excluding carboxylic acids is 1. The summed E-state index contributed by atoms with van der Waals surface area (Å²) in [6.45, 7) is 0. The first-order chi connectivity index (χ1) is 7.57. The van der Waals surface area contributed by atoms with Crippen molar-refractivity contribution in [2.75, 3.05) is 11.5 Å². The van der Waals surface area contributed by atoms with Gasteiger partial charge in [-0.05, 0) is 19.3 Å². The van der Waals surface area contributed by atoms with Crippen LogP contribution in [0.15, 0.2) is 0 Å². The Balaban J connectivity index is 1.83. The molecule has 0 aromatic rings. The van der Waals surface area contributed by atoms with Gasteiger partial charge < -0.3 is 5.32 Å². The van der Waals surface area contributed by atoms with Crippen LogP contribution < -0.4 is 5.32 Å². The summed E-state index contributed by atoms with van der Waals surface area (Å²) in [6.07, 6.45) is 5.99. The van der Waals surface area contributed by atoms with Gasteiger partial charge in [0.05, 0.1) is 11.5 Å². The summed E-state index contributed by atoms with van der Waals surface area (Å²) in [4.78, 5) is 11.9. The largest absolute Gasteiger partial charge is 0.352 e. The highest BCUT2D eigenvalue weighted by molar-refractivity contribution is 7.91. The van der Waals surface area contributed by atoms with Gasteiger partial charge in [0.15, 0.2) is 9.84 Å². The third kappa shape index (κ3) is 2.97. The molecule has 1 aliphatic carbocycles. The average Bonchev–Trinajstić information content (AvgIpc) is 2.59. The molecule has 0 bridgehead atoms. The summed E-state index contributed by atoms with van der Waals surface area (Å²) < 4.78 is 22.5. The van der Waals surface area contributed by atoms with Gasteiger partial charge in [0.25, 0.3) is 0 Å². The van der Waals surface area contributed by atoms with E-state index in [9.17, 15) is 13.2 Å². The van der Waals surface area contributed by atoms with E-state index >= 15 is 0 Å². The summed E-state index contributed by atoms with van der Waals surface area (Å²) >= 11 is 0. The topological polar surface area (TPSA) is 63.2 Å². The van der Waals surface area contributed by atoms with Crippen LogP contribution in [-0.2, 0) is 14.6 Å². The zero-order chi connectivity index (χ0) is 11.6. The van der Waals surface area contributed by atoms with E-state index in [1.54, 1.807) is 0 Å². The summed E-state index contributed by atoms with van der Waals surface area (Å²) in [5.41, 5.74) is 0. The van der Waals surface area contributed by atoms with E-state index < -0.39 is 9.84 Å². The van der Waals surface area contributed by atoms with Crippen molar-refractivity contribution in [2.45, 2.75) is 44.6 Å². The first-order valence-electron chi connectivity index (χ1n) is 6.08. The van der Waals surface area contributed by atoms with Gasteiger partial charge in [0.1, 0.15) is 0 Å². The molecule has 1 aliphatic heterocycles. The van der Waals surface area contributed by atoms with Crippen LogP contribution in [0.25, 0.3) is 0 Å². The highest BCUT2D eigenvalue weighted by Crippen LogP contribution is 2.24. The molecular weight excluding hydrogens is 226 g/mol. The fourth-order valence-corrected chi connectivity index (χ4v) is 4.27. The van der Waals surface area contributed by atoms with Gasteiger partial charge in [-0.2, -0.15) is 0 Å². The molecule has 1 atom stereocenters. The highest BCUT2D eigenvalue weighted by Gasteiger charge is 2.31. The van der Waals surface area contributed by atoms with Crippen LogP contribution >= 0.6 is 0 Å². The SMILES string of the molecule is O=C(NC1CCS(=O)(=O)C1)C1CCCCC1. The van der Waals surface area contributed by atoms with Gasteiger partial charge in [-0.3, -0.25) is 4.79 Å². The molecule has 2 aliphatic rings. The molecule has 2 rings (SSSR count). The lowest BCUT2D eigenvalue weighted by atomic mass is 9.88. The second-order valence-corrected chi connectivity index (χ2v) is 7.17. The number of sulfone groups is 1. The van der Waals surface area contributed by atoms with E-state index in [0.29, 0.717) is 6.42 Å². The predicted octanol–water partition coefficient (Wildman–Crippen LogP) is 0.870. The Labute approximate surface area is 96.7 Å². The number of amides is 1. The van der Waals surface area contributed by atoms with Crippen molar-refractivity contribution in [3.63, 3.8) is 0 Å². The average molecular weight is 245 g/mol. The van der Waals surface area contributed by atoms with Crippen molar-refractivity contribution < 1.29 is 13.2 Å². The van der Waals surface area contributed by atoms with Crippen LogP contribution in [0.1, 0.15) is 38.5 Å². The Bertz CT molecular complexity index is 357. The quantitative estimate of drug-likeness (QED) is 0.785. The van der Waals surface area contributed by atoms with Gasteiger partial charge in [-0.15, -0.1) is 0 Å². The fraction of sp³-hybridized carbons (Fsp3) is 0.909. The molecule has 92 valence electrons. The predicted molar refractivity (Wildman–Crippen MR) is 61.8 cm³/mol. The monoisotopic (exact) mass is 245 g/mol. The lowest BCUT2D eigenvalue weighted by Gasteiger charge is -2.22. The Hall–Kier alpha value is -0.580. The number of carbonyl (C=O) groups is 1. The second-order valence-electron chi connectivity index (χ2n) is 4.94. The molecule has 0 aromatic heterocycles. The first kappa shape index (κ1) is 11.9. The fourth-order valence-electron chi connectivity index (χ4n) is 2.59. The highest BCUT2D eigenvalue weighted by atomic mass is 32.2. The molecule has 2 fully saturated rings. The molecule has 0 radical (unpaired) electrons. The number of hydrogen-bond acceptors (Lipinski definition) is 3. The molecule has 1 N–H and O–H groups in total. The van der Waals surface area contributed by atoms with Gasteiger partial charge in [-0.1, -0.05) is 19.3 Å². The molecule has 1 saturated carbocycles. The summed E-state index contributed by atoms with van der Waals surface area (Å²) in [5, 5.41) is 2.89. The zero-order valence-electron chi connectivity index (χ0n) is 9.44. The van der Waals surface area contributed by atoms with E-state index in [1.165, 1.54) is 6.42 Å². The minimum absolute atomic E-state index is 0.0711. The van der Waals surface area contributed by atoms with Crippen LogP contribution in [0.3, 0.4) is 0 Å². The molecule has 1 unspecified atom stereocenters. The summed E-state index contributed by atoms with van der Waals surface area (Å²) in [5.74, 6) is 0.549. The van der Waals surface area contributed by atoms with Gasteiger partial charge >= 0.3 is 0 Å². The van der Waals surface area contributed by atoms with E-state index in [2.05, 4.69) is 5.32 Å². The summed E-state index contributed by atoms with van der Waals surface area (Å²) in [7, 11) is -2.89. The van der Waals surface area contributed by atoms with E-state index in [-0.39, 0.29) is 29.4 Å². The van der Waals surface area contributed by atoms with Crippen LogP contribution in [0.5, 0.6) is 0 Å². The van der Waals surface area contributed by atoms with Gasteiger partial charge in [0.2, 0.25) is 5.91 Å². The molecule has 0 aromatic carbocycles. The number of rotatable bonds is 2. The molecule has 0 spiro atoms. The van der Waals surface area contributed by atoms with Crippen molar-refractivity contribution in [3.05, 3.63) is 0 Å². The minimum atomic E-state index is -2.89. The molecule has 5 heteroatoms. The lowest BCUT2D eigenvalue weighted by Crippen LogP contribution is -2.40. The second kappa shape index (κ2) is 4.73. The third-order valence-corrected chi connectivity index (χ3v) is 5.32. The third-order valence-electron chi connectivity index (χ3n) is 3.55. The Morgan fingerprint density at radius 2 is 1.75 bits per heavy atom. The molecule has 16 heavy (non-hydrogen) atoms. The first-order valence-corrected chi connectivity index (χ1v) is 7.90. The molecular formula is C11H19NO3S. The number of hydrogen-bond donors (Lipinski definition) is 1. The van der Waals surface area contributed by atoms with Crippen LogP contribution in [0.2, 0.25) is 0 Å². The molecule has 1 saturated heterocycles. The smallest absolute Gasteiger partial charge is 0.223 e. The van der Waals surface area contributed by atoms with E-state index in [0.717, 1.165) is 25.7 Å². The Morgan fingerprint density at radius 3 is 2.31 bits per heavy atom. The zero-order valence-corrected chi connectivity index (χ0v) is 10.3. The van der Waals surface area contributed by atoms with Crippen LogP contribution in [0, 0.1) is 5.92 Å². The van der Waals surface area contributed by atoms with Crippen molar-refractivity contribution >= 4 is 15.7 Å². The van der Waals surface area contributed by atoms with Crippen LogP contribution in [0.4, 0.5) is 0 Å². The van der Waals surface area contributed by atoms with E-state index in [4.69, 9.17) is 0 Å². The van der Waals surface area contributed by atoms with Crippen molar-refractivity contribution in [1.29, 1.82) is 0 Å². The Morgan fingerprint density at radius 1 is 1.06 bits per heavy atom. The number of nitrogens with one attached hydrogen (secondary N) is 1. The van der Waals surface area contributed by atoms with Crippen LogP contribution in [-0.4, -0.2) is 31.9 Å². The standard InChI is InChI=1S/C11H19NO3S/c13-11(9-4-2-1-3-5-9)12-10-6-7-16(14,15)8-10/h9-10H,1-8H2,(H,12,13). The van der Waals surface area contributed by atoms with Crippen molar-refractivity contribution in [2.24, 2.45) is 5.92 Å². The minimum Gasteiger partial charge on any atom is -0.352 e. The van der Waals surface area contributed by atoms with Gasteiger partial charge in [-0.25, -0.2) is 8.42 Å². The molecule has 1 amide bonds. The molecule has 4 nitrogen and oxygen atoms in total.